The fraction of sp³-hybridized carbons (Fsp3) is 0.588. The van der Waals surface area contributed by atoms with Gasteiger partial charge in [-0.2, -0.15) is 0 Å². The zero-order chi connectivity index (χ0) is 15.5. The third-order valence-electron chi connectivity index (χ3n) is 4.42. The van der Waals surface area contributed by atoms with E-state index < -0.39 is 11.5 Å². The van der Waals surface area contributed by atoms with Gasteiger partial charge < -0.3 is 15.2 Å². The van der Waals surface area contributed by atoms with Crippen LogP contribution in [0.5, 0.6) is 5.75 Å². The summed E-state index contributed by atoms with van der Waals surface area (Å²) in [4.78, 5) is 11.5. The van der Waals surface area contributed by atoms with Crippen molar-refractivity contribution in [3.05, 3.63) is 29.8 Å². The van der Waals surface area contributed by atoms with E-state index >= 15 is 0 Å². The molecule has 0 bridgehead atoms. The van der Waals surface area contributed by atoms with Crippen molar-refractivity contribution in [2.75, 3.05) is 7.05 Å². The summed E-state index contributed by atoms with van der Waals surface area (Å²) in [7, 11) is 1.72. The molecule has 0 radical (unpaired) electrons. The standard InChI is InChI=1S/C17H25NO3/c1-12(2)13-6-4-7-14(10-13)21-15-8-5-9-17(11-15,18-3)16(19)20/h4,6-7,10,12,15,18H,5,8-9,11H2,1-3H3,(H,19,20). The van der Waals surface area contributed by atoms with Crippen LogP contribution in [-0.4, -0.2) is 29.8 Å². The number of carboxylic acids is 1. The monoisotopic (exact) mass is 291 g/mol. The van der Waals surface area contributed by atoms with Crippen LogP contribution in [0.2, 0.25) is 0 Å². The molecule has 1 saturated carbocycles. The first-order valence-corrected chi connectivity index (χ1v) is 7.66. The van der Waals surface area contributed by atoms with Crippen molar-refractivity contribution >= 4 is 5.97 Å². The van der Waals surface area contributed by atoms with Gasteiger partial charge in [0.25, 0.3) is 0 Å². The van der Waals surface area contributed by atoms with Gasteiger partial charge in [-0.15, -0.1) is 0 Å². The summed E-state index contributed by atoms with van der Waals surface area (Å²) >= 11 is 0. The molecule has 1 aromatic carbocycles. The first-order valence-electron chi connectivity index (χ1n) is 7.66. The molecule has 4 heteroatoms. The van der Waals surface area contributed by atoms with Crippen molar-refractivity contribution in [1.82, 2.24) is 5.32 Å². The van der Waals surface area contributed by atoms with E-state index in [4.69, 9.17) is 4.74 Å². The minimum absolute atomic E-state index is 0.0512. The third-order valence-corrected chi connectivity index (χ3v) is 4.42. The largest absolute Gasteiger partial charge is 0.490 e. The van der Waals surface area contributed by atoms with Crippen LogP contribution >= 0.6 is 0 Å². The van der Waals surface area contributed by atoms with Crippen molar-refractivity contribution in [2.24, 2.45) is 0 Å². The van der Waals surface area contributed by atoms with Crippen molar-refractivity contribution < 1.29 is 14.6 Å². The molecule has 1 aliphatic carbocycles. The molecule has 0 spiro atoms. The van der Waals surface area contributed by atoms with E-state index in [1.165, 1.54) is 5.56 Å². The summed E-state index contributed by atoms with van der Waals surface area (Å²) in [5.41, 5.74) is 0.389. The summed E-state index contributed by atoms with van der Waals surface area (Å²) in [5.74, 6) is 0.507. The zero-order valence-corrected chi connectivity index (χ0v) is 13.1. The van der Waals surface area contributed by atoms with Gasteiger partial charge in [0.1, 0.15) is 17.4 Å². The maximum Gasteiger partial charge on any atom is 0.324 e. The summed E-state index contributed by atoms with van der Waals surface area (Å²) < 4.78 is 6.05. The second kappa shape index (κ2) is 6.48. The number of likely N-dealkylation sites (N-methyl/N-ethyl adjacent to an activating group) is 1. The normalized spacial score (nSPS) is 25.8. The van der Waals surface area contributed by atoms with E-state index in [2.05, 4.69) is 31.3 Å². The molecule has 1 aliphatic rings. The average Bonchev–Trinajstić information content (AvgIpc) is 2.47. The maximum absolute atomic E-state index is 11.5. The Bertz CT molecular complexity index is 501. The number of rotatable bonds is 5. The molecule has 4 nitrogen and oxygen atoms in total. The molecule has 116 valence electrons. The summed E-state index contributed by atoms with van der Waals surface area (Å²) in [6.07, 6.45) is 2.88. The Labute approximate surface area is 126 Å². The van der Waals surface area contributed by atoms with Gasteiger partial charge >= 0.3 is 5.97 Å². The first-order chi connectivity index (χ1) is 9.97. The maximum atomic E-state index is 11.5. The smallest absolute Gasteiger partial charge is 0.324 e. The highest BCUT2D eigenvalue weighted by Crippen LogP contribution is 2.32. The van der Waals surface area contributed by atoms with Crippen LogP contribution in [-0.2, 0) is 4.79 Å². The molecule has 0 saturated heterocycles. The predicted molar refractivity (Wildman–Crippen MR) is 82.8 cm³/mol. The van der Waals surface area contributed by atoms with Crippen molar-refractivity contribution in [2.45, 2.75) is 57.1 Å². The van der Waals surface area contributed by atoms with Crippen molar-refractivity contribution in [3.8, 4) is 5.75 Å². The Morgan fingerprint density at radius 2 is 2.24 bits per heavy atom. The zero-order valence-electron chi connectivity index (χ0n) is 13.1. The Morgan fingerprint density at radius 1 is 1.48 bits per heavy atom. The Morgan fingerprint density at radius 3 is 2.86 bits per heavy atom. The van der Waals surface area contributed by atoms with Crippen LogP contribution in [0.4, 0.5) is 0 Å². The lowest BCUT2D eigenvalue weighted by Gasteiger charge is -2.37. The van der Waals surface area contributed by atoms with Crippen molar-refractivity contribution in [1.29, 1.82) is 0 Å². The quantitative estimate of drug-likeness (QED) is 0.875. The van der Waals surface area contributed by atoms with Gasteiger partial charge in [0.2, 0.25) is 0 Å². The van der Waals surface area contributed by atoms with Gasteiger partial charge in [0.15, 0.2) is 0 Å². The van der Waals surface area contributed by atoms with E-state index in [0.717, 1.165) is 18.6 Å². The number of nitrogens with one attached hydrogen (secondary N) is 1. The summed E-state index contributed by atoms with van der Waals surface area (Å²) in [5, 5.41) is 12.5. The van der Waals surface area contributed by atoms with E-state index in [1.807, 2.05) is 12.1 Å². The highest BCUT2D eigenvalue weighted by molar-refractivity contribution is 5.79. The Hall–Kier alpha value is -1.55. The van der Waals surface area contributed by atoms with Gasteiger partial charge in [0.05, 0.1) is 0 Å². The fourth-order valence-electron chi connectivity index (χ4n) is 2.99. The van der Waals surface area contributed by atoms with Gasteiger partial charge in [-0.3, -0.25) is 4.79 Å². The number of carbonyl (C=O) groups is 1. The van der Waals surface area contributed by atoms with Gasteiger partial charge in [-0.05, 0) is 49.9 Å². The molecule has 0 heterocycles. The lowest BCUT2D eigenvalue weighted by Crippen LogP contribution is -2.55. The van der Waals surface area contributed by atoms with Crippen LogP contribution in [0.1, 0.15) is 51.0 Å². The number of ether oxygens (including phenoxy) is 1. The third kappa shape index (κ3) is 3.56. The van der Waals surface area contributed by atoms with E-state index in [0.29, 0.717) is 18.8 Å². The second-order valence-corrected chi connectivity index (χ2v) is 6.20. The summed E-state index contributed by atoms with van der Waals surface area (Å²) in [6.45, 7) is 4.30. The van der Waals surface area contributed by atoms with Crippen LogP contribution < -0.4 is 10.1 Å². The second-order valence-electron chi connectivity index (χ2n) is 6.20. The Kier molecular flexibility index (Phi) is 4.88. The Balaban J connectivity index is 2.09. The number of carboxylic acid groups (broad SMARTS) is 1. The molecule has 1 aromatic rings. The number of hydrogen-bond donors (Lipinski definition) is 2. The van der Waals surface area contributed by atoms with Crippen molar-refractivity contribution in [3.63, 3.8) is 0 Å². The number of benzene rings is 1. The molecule has 2 N–H and O–H groups in total. The highest BCUT2D eigenvalue weighted by atomic mass is 16.5. The van der Waals surface area contributed by atoms with Crippen LogP contribution in [0.25, 0.3) is 0 Å². The molecule has 1 fully saturated rings. The van der Waals surface area contributed by atoms with Gasteiger partial charge in [-0.1, -0.05) is 26.0 Å². The van der Waals surface area contributed by atoms with Gasteiger partial charge in [-0.25, -0.2) is 0 Å². The van der Waals surface area contributed by atoms with Gasteiger partial charge in [0, 0.05) is 6.42 Å². The number of aliphatic carboxylic acids is 1. The molecule has 21 heavy (non-hydrogen) atoms. The van der Waals surface area contributed by atoms with E-state index in [-0.39, 0.29) is 6.10 Å². The molecule has 0 aromatic heterocycles. The summed E-state index contributed by atoms with van der Waals surface area (Å²) in [6, 6.07) is 8.09. The molecule has 2 rings (SSSR count). The minimum Gasteiger partial charge on any atom is -0.490 e. The molecule has 0 aliphatic heterocycles. The lowest BCUT2D eigenvalue weighted by atomic mass is 9.80. The van der Waals surface area contributed by atoms with E-state index in [1.54, 1.807) is 7.05 Å². The SMILES string of the molecule is CNC1(C(=O)O)CCCC(Oc2cccc(C(C)C)c2)C1. The average molecular weight is 291 g/mol. The van der Waals surface area contributed by atoms with Crippen LogP contribution in [0.3, 0.4) is 0 Å². The molecule has 2 atom stereocenters. The predicted octanol–water partition coefficient (Wildman–Crippen LogP) is 3.17. The first kappa shape index (κ1) is 15.8. The molecular weight excluding hydrogens is 266 g/mol. The molecular formula is C17H25NO3. The fourth-order valence-corrected chi connectivity index (χ4v) is 2.99. The minimum atomic E-state index is -0.849. The molecule has 2 unspecified atom stereocenters. The molecule has 0 amide bonds. The van der Waals surface area contributed by atoms with Crippen LogP contribution in [0, 0.1) is 0 Å². The topological polar surface area (TPSA) is 58.6 Å². The lowest BCUT2D eigenvalue weighted by molar-refractivity contribution is -0.147. The van der Waals surface area contributed by atoms with Crippen LogP contribution in [0.15, 0.2) is 24.3 Å². The van der Waals surface area contributed by atoms with E-state index in [9.17, 15) is 9.90 Å². The highest BCUT2D eigenvalue weighted by Gasteiger charge is 2.42. The number of hydrogen-bond acceptors (Lipinski definition) is 3.